The Balaban J connectivity index is 1.57. The van der Waals surface area contributed by atoms with Gasteiger partial charge >= 0.3 is 6.03 Å². The lowest BCUT2D eigenvalue weighted by atomic mass is 10.2. The molecule has 1 aromatic carbocycles. The van der Waals surface area contributed by atoms with Gasteiger partial charge < -0.3 is 14.4 Å². The molecule has 1 atom stereocenters. The molecule has 0 fully saturated rings. The number of urea groups is 1. The molecule has 3 rings (SSSR count). The average Bonchev–Trinajstić information content (AvgIpc) is 2.85. The minimum absolute atomic E-state index is 0.223. The van der Waals surface area contributed by atoms with Crippen LogP contribution >= 0.6 is 0 Å². The van der Waals surface area contributed by atoms with Crippen molar-refractivity contribution in [2.24, 2.45) is 7.05 Å². The van der Waals surface area contributed by atoms with E-state index in [1.165, 1.54) is 4.90 Å². The fraction of sp³-hybridized carbons (Fsp3) is 0.400. The van der Waals surface area contributed by atoms with E-state index in [-0.39, 0.29) is 18.1 Å². The van der Waals surface area contributed by atoms with E-state index in [2.05, 4.69) is 15.4 Å². The Morgan fingerprint density at radius 1 is 1.43 bits per heavy atom. The van der Waals surface area contributed by atoms with Crippen LogP contribution in [-0.4, -0.2) is 52.0 Å². The largest absolute Gasteiger partial charge is 0.486 e. The zero-order chi connectivity index (χ0) is 16.4. The maximum Gasteiger partial charge on any atom is 0.324 e. The third-order valence-corrected chi connectivity index (χ3v) is 3.59. The first-order valence-corrected chi connectivity index (χ1v) is 7.31. The van der Waals surface area contributed by atoms with Crippen LogP contribution in [0.15, 0.2) is 24.3 Å². The second kappa shape index (κ2) is 6.15. The summed E-state index contributed by atoms with van der Waals surface area (Å²) < 4.78 is 13.1. The van der Waals surface area contributed by atoms with Crippen molar-refractivity contribution in [3.05, 3.63) is 30.1 Å². The zero-order valence-electron chi connectivity index (χ0n) is 13.3. The highest BCUT2D eigenvalue weighted by Crippen LogP contribution is 2.30. The van der Waals surface area contributed by atoms with Crippen molar-refractivity contribution in [2.45, 2.75) is 13.0 Å². The Hall–Kier alpha value is -2.77. The standard InChI is InChI=1S/C15H19N5O3/c1-10-16-14(18-20(10)3)17-15(21)19(2)8-11-9-22-12-6-4-5-7-13(12)23-11/h4-7,11H,8-9H2,1-3H3,(H,17,18,21). The molecule has 122 valence electrons. The molecule has 2 aromatic rings. The van der Waals surface area contributed by atoms with E-state index in [1.807, 2.05) is 31.2 Å². The molecule has 1 unspecified atom stereocenters. The van der Waals surface area contributed by atoms with Gasteiger partial charge in [-0.2, -0.15) is 4.98 Å². The molecule has 0 saturated heterocycles. The van der Waals surface area contributed by atoms with Crippen molar-refractivity contribution in [3.8, 4) is 11.5 Å². The Morgan fingerprint density at radius 3 is 2.87 bits per heavy atom. The number of benzene rings is 1. The van der Waals surface area contributed by atoms with Gasteiger partial charge in [-0.3, -0.25) is 10.00 Å². The summed E-state index contributed by atoms with van der Waals surface area (Å²) in [6.45, 7) is 2.61. The number of aromatic nitrogens is 3. The Kier molecular flexibility index (Phi) is 4.05. The molecule has 1 aromatic heterocycles. The zero-order valence-corrected chi connectivity index (χ0v) is 13.3. The van der Waals surface area contributed by atoms with E-state index in [0.717, 1.165) is 11.6 Å². The quantitative estimate of drug-likeness (QED) is 0.926. The third kappa shape index (κ3) is 3.36. The molecule has 1 aliphatic heterocycles. The Bertz CT molecular complexity index is 695. The maximum absolute atomic E-state index is 12.2. The van der Waals surface area contributed by atoms with Crippen LogP contribution in [0.3, 0.4) is 0 Å². The van der Waals surface area contributed by atoms with Gasteiger partial charge in [0.15, 0.2) is 17.6 Å². The van der Waals surface area contributed by atoms with Crippen molar-refractivity contribution < 1.29 is 14.3 Å². The molecule has 8 heteroatoms. The summed E-state index contributed by atoms with van der Waals surface area (Å²) in [6, 6.07) is 7.19. The smallest absolute Gasteiger partial charge is 0.324 e. The number of hydrogen-bond acceptors (Lipinski definition) is 5. The van der Waals surface area contributed by atoms with Crippen LogP contribution < -0.4 is 14.8 Å². The molecule has 0 aliphatic carbocycles. The Labute approximate surface area is 134 Å². The minimum atomic E-state index is -0.293. The highest BCUT2D eigenvalue weighted by atomic mass is 16.6. The molecule has 0 saturated carbocycles. The number of carbonyl (C=O) groups excluding carboxylic acids is 1. The SMILES string of the molecule is Cc1nc(NC(=O)N(C)CC2COc3ccccc3O2)nn1C. The van der Waals surface area contributed by atoms with Gasteiger partial charge in [-0.05, 0) is 19.1 Å². The first-order chi connectivity index (χ1) is 11.0. The highest BCUT2D eigenvalue weighted by molar-refractivity contribution is 5.87. The summed E-state index contributed by atoms with van der Waals surface area (Å²) in [4.78, 5) is 17.8. The molecule has 1 aliphatic rings. The number of para-hydroxylation sites is 2. The number of nitrogens with one attached hydrogen (secondary N) is 1. The van der Waals surface area contributed by atoms with Crippen molar-refractivity contribution in [1.29, 1.82) is 0 Å². The number of likely N-dealkylation sites (N-methyl/N-ethyl adjacent to an activating group) is 1. The molecule has 23 heavy (non-hydrogen) atoms. The second-order valence-corrected chi connectivity index (χ2v) is 5.41. The molecule has 0 bridgehead atoms. The van der Waals surface area contributed by atoms with E-state index in [0.29, 0.717) is 18.9 Å². The molecular formula is C15H19N5O3. The van der Waals surface area contributed by atoms with Crippen LogP contribution in [0.25, 0.3) is 0 Å². The summed E-state index contributed by atoms with van der Waals surface area (Å²) in [7, 11) is 3.46. The summed E-state index contributed by atoms with van der Waals surface area (Å²) in [5, 5.41) is 6.76. The number of carbonyl (C=O) groups is 1. The Morgan fingerprint density at radius 2 is 2.17 bits per heavy atom. The van der Waals surface area contributed by atoms with E-state index >= 15 is 0 Å². The monoisotopic (exact) mass is 317 g/mol. The summed E-state index contributed by atoms with van der Waals surface area (Å²) in [5.41, 5.74) is 0. The molecule has 0 spiro atoms. The fourth-order valence-corrected chi connectivity index (χ4v) is 2.25. The maximum atomic E-state index is 12.2. The lowest BCUT2D eigenvalue weighted by Gasteiger charge is -2.29. The van der Waals surface area contributed by atoms with Gasteiger partial charge in [0.05, 0.1) is 6.54 Å². The van der Waals surface area contributed by atoms with Gasteiger partial charge in [-0.1, -0.05) is 12.1 Å². The first-order valence-electron chi connectivity index (χ1n) is 7.31. The molecule has 8 nitrogen and oxygen atoms in total. The second-order valence-electron chi connectivity index (χ2n) is 5.41. The van der Waals surface area contributed by atoms with Gasteiger partial charge in [-0.25, -0.2) is 4.79 Å². The summed E-state index contributed by atoms with van der Waals surface area (Å²) in [6.07, 6.45) is -0.223. The number of fused-ring (bicyclic) bond motifs is 1. The summed E-state index contributed by atoms with van der Waals surface area (Å²) in [5.74, 6) is 2.43. The number of aryl methyl sites for hydroxylation is 2. The third-order valence-electron chi connectivity index (χ3n) is 3.59. The van der Waals surface area contributed by atoms with Crippen LogP contribution in [0.5, 0.6) is 11.5 Å². The van der Waals surface area contributed by atoms with Gasteiger partial charge in [0.1, 0.15) is 12.4 Å². The van der Waals surface area contributed by atoms with Crippen LogP contribution in [-0.2, 0) is 7.05 Å². The normalized spacial score (nSPS) is 16.0. The topological polar surface area (TPSA) is 81.5 Å². The number of anilines is 1. The number of hydrogen-bond donors (Lipinski definition) is 1. The van der Waals surface area contributed by atoms with E-state index in [4.69, 9.17) is 9.47 Å². The number of nitrogens with zero attached hydrogens (tertiary/aromatic N) is 4. The van der Waals surface area contributed by atoms with Crippen molar-refractivity contribution in [2.75, 3.05) is 25.5 Å². The van der Waals surface area contributed by atoms with Crippen LogP contribution in [0.1, 0.15) is 5.82 Å². The highest BCUT2D eigenvalue weighted by Gasteiger charge is 2.24. The predicted octanol–water partition coefficient (Wildman–Crippen LogP) is 1.43. The van der Waals surface area contributed by atoms with Gasteiger partial charge in [0, 0.05) is 14.1 Å². The van der Waals surface area contributed by atoms with Crippen LogP contribution in [0, 0.1) is 6.92 Å². The van der Waals surface area contributed by atoms with Gasteiger partial charge in [-0.15, -0.1) is 5.10 Å². The average molecular weight is 317 g/mol. The van der Waals surface area contributed by atoms with Crippen molar-refractivity contribution in [3.63, 3.8) is 0 Å². The number of ether oxygens (including phenoxy) is 2. The molecular weight excluding hydrogens is 298 g/mol. The van der Waals surface area contributed by atoms with E-state index < -0.39 is 0 Å². The molecule has 1 N–H and O–H groups in total. The number of amides is 2. The van der Waals surface area contributed by atoms with E-state index in [9.17, 15) is 4.79 Å². The van der Waals surface area contributed by atoms with Crippen LogP contribution in [0.4, 0.5) is 10.7 Å². The van der Waals surface area contributed by atoms with Crippen molar-refractivity contribution >= 4 is 12.0 Å². The first kappa shape index (κ1) is 15.1. The van der Waals surface area contributed by atoms with Crippen molar-refractivity contribution in [1.82, 2.24) is 19.7 Å². The van der Waals surface area contributed by atoms with E-state index in [1.54, 1.807) is 18.8 Å². The van der Waals surface area contributed by atoms with Gasteiger partial charge in [0.25, 0.3) is 0 Å². The predicted molar refractivity (Wildman–Crippen MR) is 83.7 cm³/mol. The summed E-state index contributed by atoms with van der Waals surface area (Å²) >= 11 is 0. The lowest BCUT2D eigenvalue weighted by Crippen LogP contribution is -2.43. The molecule has 2 heterocycles. The lowest BCUT2D eigenvalue weighted by molar-refractivity contribution is 0.0731. The van der Waals surface area contributed by atoms with Crippen LogP contribution in [0.2, 0.25) is 0 Å². The fourth-order valence-electron chi connectivity index (χ4n) is 2.25. The molecule has 2 amide bonds. The number of rotatable bonds is 3. The molecule has 0 radical (unpaired) electrons. The van der Waals surface area contributed by atoms with Gasteiger partial charge in [0.2, 0.25) is 5.95 Å². The minimum Gasteiger partial charge on any atom is -0.486 e.